The molecule has 24 heavy (non-hydrogen) atoms. The Morgan fingerprint density at radius 2 is 2.00 bits per heavy atom. The first-order valence-electron chi connectivity index (χ1n) is 9.16. The third kappa shape index (κ3) is 2.67. The van der Waals surface area contributed by atoms with Gasteiger partial charge in [0.05, 0.1) is 14.1 Å². The Kier molecular flexibility index (Phi) is 4.07. The molecule has 2 aliphatic rings. The molecule has 0 aromatic heterocycles. The van der Waals surface area contributed by atoms with Crippen molar-refractivity contribution in [2.24, 2.45) is 16.7 Å². The van der Waals surface area contributed by atoms with E-state index in [2.05, 4.69) is 66.1 Å². The van der Waals surface area contributed by atoms with Crippen LogP contribution in [-0.2, 0) is 9.53 Å². The van der Waals surface area contributed by atoms with Crippen LogP contribution in [0.3, 0.4) is 0 Å². The number of hydrogen-bond donors (Lipinski definition) is 0. The van der Waals surface area contributed by atoms with Crippen molar-refractivity contribution in [2.45, 2.75) is 53.1 Å². The zero-order valence-corrected chi connectivity index (χ0v) is 16.1. The van der Waals surface area contributed by atoms with Crippen molar-refractivity contribution in [2.75, 3.05) is 20.6 Å². The van der Waals surface area contributed by atoms with Crippen molar-refractivity contribution in [1.29, 1.82) is 0 Å². The van der Waals surface area contributed by atoms with E-state index in [0.717, 1.165) is 12.1 Å². The number of benzene rings is 1. The topological polar surface area (TPSA) is 26.3 Å². The Morgan fingerprint density at radius 3 is 2.54 bits per heavy atom. The van der Waals surface area contributed by atoms with Gasteiger partial charge in [0.2, 0.25) is 0 Å². The van der Waals surface area contributed by atoms with E-state index < -0.39 is 0 Å². The molecule has 1 aromatic carbocycles. The largest absolute Gasteiger partial charge is 0.458 e. The molecule has 0 heterocycles. The van der Waals surface area contributed by atoms with Gasteiger partial charge in [-0.1, -0.05) is 32.9 Å². The number of ether oxygens (including phenoxy) is 1. The summed E-state index contributed by atoms with van der Waals surface area (Å²) >= 11 is 0. The van der Waals surface area contributed by atoms with E-state index in [0.29, 0.717) is 16.9 Å². The van der Waals surface area contributed by atoms with E-state index in [4.69, 9.17) is 4.74 Å². The zero-order chi connectivity index (χ0) is 17.8. The van der Waals surface area contributed by atoms with E-state index >= 15 is 0 Å². The summed E-state index contributed by atoms with van der Waals surface area (Å²) in [5.41, 5.74) is 2.77. The number of esters is 1. The fourth-order valence-electron chi connectivity index (χ4n) is 4.92. The second kappa shape index (κ2) is 5.59. The number of aryl methyl sites for hydroxylation is 1. The van der Waals surface area contributed by atoms with E-state index in [9.17, 15) is 4.79 Å². The van der Waals surface area contributed by atoms with Crippen molar-refractivity contribution in [1.82, 2.24) is 4.48 Å². The summed E-state index contributed by atoms with van der Waals surface area (Å²) in [6.45, 7) is 9.48. The van der Waals surface area contributed by atoms with Gasteiger partial charge in [-0.2, -0.15) is 0 Å². The molecular weight excluding hydrogens is 298 g/mol. The van der Waals surface area contributed by atoms with Gasteiger partial charge < -0.3 is 4.74 Å². The number of quaternary nitrogens is 1. The first-order valence-corrected chi connectivity index (χ1v) is 9.16. The minimum absolute atomic E-state index is 0.0731. The Labute approximate surface area is 146 Å². The molecule has 0 spiro atoms. The van der Waals surface area contributed by atoms with Gasteiger partial charge in [-0.25, -0.2) is 4.79 Å². The summed E-state index contributed by atoms with van der Waals surface area (Å²) in [7, 11) is 4.14. The predicted molar refractivity (Wildman–Crippen MR) is 98.8 cm³/mol. The highest BCUT2D eigenvalue weighted by atomic mass is 16.5. The summed E-state index contributed by atoms with van der Waals surface area (Å²) in [5.74, 6) is 0.621. The highest BCUT2D eigenvalue weighted by Crippen LogP contribution is 2.66. The maximum atomic E-state index is 12.7. The Hall–Kier alpha value is -1.35. The molecule has 0 radical (unpaired) electrons. The van der Waals surface area contributed by atoms with E-state index in [1.54, 1.807) is 0 Å². The van der Waals surface area contributed by atoms with Crippen molar-refractivity contribution >= 4 is 11.7 Å². The Morgan fingerprint density at radius 1 is 1.29 bits per heavy atom. The number of carbonyl (C=O) groups is 1. The molecule has 0 aliphatic heterocycles. The number of likely N-dealkylation sites (N-methyl/N-ethyl adjacent to an activating group) is 1. The van der Waals surface area contributed by atoms with Crippen molar-refractivity contribution in [3.05, 3.63) is 29.8 Å². The fourth-order valence-corrected chi connectivity index (χ4v) is 4.92. The van der Waals surface area contributed by atoms with E-state index in [1.165, 1.54) is 18.4 Å². The van der Waals surface area contributed by atoms with Crippen molar-refractivity contribution in [3.8, 4) is 0 Å². The van der Waals surface area contributed by atoms with Crippen molar-refractivity contribution in [3.63, 3.8) is 0 Å². The first-order chi connectivity index (χ1) is 11.1. The Bertz CT molecular complexity index is 649. The predicted octanol–water partition coefficient (Wildman–Crippen LogP) is 4.32. The van der Waals surface area contributed by atoms with Crippen LogP contribution in [-0.4, -0.2) is 32.7 Å². The maximum Gasteiger partial charge on any atom is 0.362 e. The molecule has 0 amide bonds. The van der Waals surface area contributed by atoms with Gasteiger partial charge in [-0.05, 0) is 49.1 Å². The number of rotatable bonds is 4. The lowest BCUT2D eigenvalue weighted by Crippen LogP contribution is -2.47. The molecule has 2 bridgehead atoms. The summed E-state index contributed by atoms with van der Waals surface area (Å²) in [6, 6.07) is 8.37. The van der Waals surface area contributed by atoms with Crippen molar-refractivity contribution < 1.29 is 9.53 Å². The normalized spacial score (nSPS) is 31.2. The fraction of sp³-hybridized carbons (Fsp3) is 0.667. The second-order valence-corrected chi connectivity index (χ2v) is 9.27. The van der Waals surface area contributed by atoms with Crippen LogP contribution in [0.1, 0.15) is 45.6 Å². The smallest absolute Gasteiger partial charge is 0.362 e. The van der Waals surface area contributed by atoms with Crippen LogP contribution < -0.4 is 4.48 Å². The monoisotopic (exact) mass is 330 g/mol. The minimum atomic E-state index is -0.0731. The summed E-state index contributed by atoms with van der Waals surface area (Å²) < 4.78 is 6.54. The van der Waals surface area contributed by atoms with Gasteiger partial charge in [0.15, 0.2) is 6.54 Å². The van der Waals surface area contributed by atoms with Crippen LogP contribution in [0, 0.1) is 23.7 Å². The summed E-state index contributed by atoms with van der Waals surface area (Å²) in [4.78, 5) is 12.7. The van der Waals surface area contributed by atoms with Crippen LogP contribution in [0.2, 0.25) is 0 Å². The average molecular weight is 330 g/mol. The van der Waals surface area contributed by atoms with Crippen LogP contribution in [0.25, 0.3) is 0 Å². The lowest BCUT2D eigenvalue weighted by atomic mass is 9.70. The maximum absolute atomic E-state index is 12.7. The first kappa shape index (κ1) is 17.5. The van der Waals surface area contributed by atoms with Gasteiger partial charge >= 0.3 is 5.97 Å². The van der Waals surface area contributed by atoms with Gasteiger partial charge in [-0.3, -0.25) is 4.48 Å². The molecule has 0 saturated heterocycles. The van der Waals surface area contributed by atoms with Gasteiger partial charge in [-0.15, -0.1) is 0 Å². The molecule has 3 heteroatoms. The number of carbonyl (C=O) groups excluding carboxylic acids is 1. The number of hydrogen-bond acceptors (Lipinski definition) is 2. The highest BCUT2D eigenvalue weighted by Gasteiger charge is 2.63. The summed E-state index contributed by atoms with van der Waals surface area (Å²) in [6.07, 6.45) is 3.57. The molecule has 132 valence electrons. The third-order valence-electron chi connectivity index (χ3n) is 7.21. The average Bonchev–Trinajstić information content (AvgIpc) is 2.80. The quantitative estimate of drug-likeness (QED) is 0.607. The number of fused-ring (bicyclic) bond motifs is 2. The molecule has 3 nitrogen and oxygen atoms in total. The van der Waals surface area contributed by atoms with Gasteiger partial charge in [0.25, 0.3) is 0 Å². The molecule has 2 saturated carbocycles. The van der Waals surface area contributed by atoms with Crippen LogP contribution in [0.5, 0.6) is 0 Å². The molecule has 3 atom stereocenters. The lowest BCUT2D eigenvalue weighted by molar-refractivity contribution is -0.157. The molecule has 3 rings (SSSR count). The van der Waals surface area contributed by atoms with Crippen LogP contribution in [0.15, 0.2) is 24.3 Å². The molecule has 0 N–H and O–H groups in total. The van der Waals surface area contributed by atoms with Gasteiger partial charge in [0, 0.05) is 11.5 Å². The van der Waals surface area contributed by atoms with E-state index in [1.807, 2.05) is 0 Å². The standard InChI is InChI=1S/C21H32NO2/c1-15-8-7-9-17(12-15)22(5,6)14-19(23)24-18-13-16-10-11-21(18,4)20(16,2)3/h7-9,12,16,18H,10-11,13-14H2,1-6H3/q+1/t16-,18+,21-/m1/s1. The molecular formula is C21H32NO2+. The van der Waals surface area contributed by atoms with E-state index in [-0.39, 0.29) is 22.9 Å². The molecule has 1 aromatic rings. The van der Waals surface area contributed by atoms with Crippen LogP contribution in [0.4, 0.5) is 5.69 Å². The lowest BCUT2D eigenvalue weighted by Gasteiger charge is -2.38. The highest BCUT2D eigenvalue weighted by molar-refractivity contribution is 5.74. The molecule has 0 unspecified atom stereocenters. The number of nitrogens with zero attached hydrogens (tertiary/aromatic N) is 1. The summed E-state index contributed by atoms with van der Waals surface area (Å²) in [5, 5.41) is 0. The zero-order valence-electron chi connectivity index (χ0n) is 16.1. The third-order valence-corrected chi connectivity index (χ3v) is 7.21. The van der Waals surface area contributed by atoms with Crippen LogP contribution >= 0.6 is 0 Å². The second-order valence-electron chi connectivity index (χ2n) is 9.27. The Balaban J connectivity index is 1.68. The molecule has 2 aliphatic carbocycles. The molecule has 2 fully saturated rings. The van der Waals surface area contributed by atoms with Gasteiger partial charge in [0.1, 0.15) is 11.8 Å². The minimum Gasteiger partial charge on any atom is -0.458 e. The SMILES string of the molecule is Cc1cccc([N+](C)(C)CC(=O)O[C@H]2C[C@H]3CC[C@@]2(C)C3(C)C)c1.